The third kappa shape index (κ3) is 5.60. The van der Waals surface area contributed by atoms with Gasteiger partial charge in [-0.1, -0.05) is 121 Å². The highest BCUT2D eigenvalue weighted by molar-refractivity contribution is 6.26. The number of nitrogens with zero attached hydrogens (tertiary/aromatic N) is 4. The van der Waals surface area contributed by atoms with Crippen molar-refractivity contribution in [3.8, 4) is 67.7 Å². The highest BCUT2D eigenvalue weighted by atomic mass is 15.0. The fourth-order valence-electron chi connectivity index (χ4n) is 9.53. The van der Waals surface area contributed by atoms with E-state index in [4.69, 9.17) is 4.98 Å². The summed E-state index contributed by atoms with van der Waals surface area (Å²) in [5.74, 6) is 0. The summed E-state index contributed by atoms with van der Waals surface area (Å²) in [5, 5.41) is 19.4. The summed E-state index contributed by atoms with van der Waals surface area (Å²) in [4.78, 5) is 9.36. The second kappa shape index (κ2) is 13.9. The van der Waals surface area contributed by atoms with Crippen LogP contribution >= 0.6 is 0 Å². The lowest BCUT2D eigenvalue weighted by Gasteiger charge is -2.20. The van der Waals surface area contributed by atoms with E-state index in [1.165, 1.54) is 54.4 Å². The van der Waals surface area contributed by atoms with Gasteiger partial charge in [-0.3, -0.25) is 4.98 Å². The van der Waals surface area contributed by atoms with E-state index >= 15 is 0 Å². The Morgan fingerprint density at radius 1 is 0.393 bits per heavy atom. The van der Waals surface area contributed by atoms with E-state index in [2.05, 4.69) is 179 Å². The number of fused-ring (bicyclic) bond motifs is 2. The summed E-state index contributed by atoms with van der Waals surface area (Å²) in [6.07, 6.45) is 3.62. The molecule has 0 atom stereocenters. The van der Waals surface area contributed by atoms with Gasteiger partial charge in [0.25, 0.3) is 0 Å². The first kappa shape index (κ1) is 34.6. The predicted octanol–water partition coefficient (Wildman–Crippen LogP) is 14.7. The second-order valence-corrected chi connectivity index (χ2v) is 15.7. The fourth-order valence-corrected chi connectivity index (χ4v) is 9.53. The molecule has 0 aliphatic carbocycles. The SMILES string of the molecule is N#Cc1cc2ccc3cc(-c4ccc5c(-c6ccccc6)c6cc(-c7cccc(-c8ccncc8)n7)ccc6c(-c6ccccc6)c5c4)cc4c3c2c(c1)n4-c1ccccc1. The lowest BCUT2D eigenvalue weighted by Crippen LogP contribution is -1.94. The summed E-state index contributed by atoms with van der Waals surface area (Å²) in [5.41, 5.74) is 14.8. The van der Waals surface area contributed by atoms with Crippen LogP contribution in [-0.2, 0) is 0 Å². The smallest absolute Gasteiger partial charge is 0.0992 e. The van der Waals surface area contributed by atoms with Crippen LogP contribution in [0.3, 0.4) is 0 Å². The van der Waals surface area contributed by atoms with E-state index in [9.17, 15) is 5.26 Å². The van der Waals surface area contributed by atoms with Crippen molar-refractivity contribution in [3.05, 3.63) is 212 Å². The van der Waals surface area contributed by atoms with Crippen LogP contribution in [0.1, 0.15) is 5.56 Å². The van der Waals surface area contributed by atoms with Gasteiger partial charge in [0.2, 0.25) is 0 Å². The fraction of sp³-hybridized carbons (Fsp3) is 0. The van der Waals surface area contributed by atoms with Crippen molar-refractivity contribution in [3.63, 3.8) is 0 Å². The molecule has 61 heavy (non-hydrogen) atoms. The van der Waals surface area contributed by atoms with Crippen molar-refractivity contribution in [2.45, 2.75) is 0 Å². The Morgan fingerprint density at radius 2 is 0.951 bits per heavy atom. The summed E-state index contributed by atoms with van der Waals surface area (Å²) in [6.45, 7) is 0. The maximum Gasteiger partial charge on any atom is 0.0992 e. The van der Waals surface area contributed by atoms with Gasteiger partial charge in [-0.15, -0.1) is 0 Å². The zero-order valence-corrected chi connectivity index (χ0v) is 32.9. The number of pyridine rings is 2. The largest absolute Gasteiger partial charge is 0.309 e. The van der Waals surface area contributed by atoms with Gasteiger partial charge in [0, 0.05) is 40.0 Å². The number of hydrogen-bond donors (Lipinski definition) is 0. The highest BCUT2D eigenvalue weighted by Crippen LogP contribution is 2.47. The van der Waals surface area contributed by atoms with Gasteiger partial charge in [0.05, 0.1) is 34.1 Å². The van der Waals surface area contributed by atoms with Crippen LogP contribution in [0, 0.1) is 11.3 Å². The zero-order chi connectivity index (χ0) is 40.4. The van der Waals surface area contributed by atoms with Crippen molar-refractivity contribution in [2.24, 2.45) is 0 Å². The Hall–Kier alpha value is -8.39. The van der Waals surface area contributed by atoms with Gasteiger partial charge in [-0.05, 0) is 138 Å². The molecule has 3 heterocycles. The molecule has 0 spiro atoms. The topological polar surface area (TPSA) is 54.5 Å². The van der Waals surface area contributed by atoms with Gasteiger partial charge < -0.3 is 4.57 Å². The normalized spacial score (nSPS) is 11.6. The van der Waals surface area contributed by atoms with E-state index in [-0.39, 0.29) is 0 Å². The average molecular weight is 775 g/mol. The number of para-hydroxylation sites is 1. The van der Waals surface area contributed by atoms with Crippen LogP contribution in [-0.4, -0.2) is 14.5 Å². The second-order valence-electron chi connectivity index (χ2n) is 15.7. The van der Waals surface area contributed by atoms with Gasteiger partial charge in [-0.25, -0.2) is 4.98 Å². The molecule has 0 aliphatic heterocycles. The Labute approximate surface area is 352 Å². The molecule has 9 aromatic carbocycles. The monoisotopic (exact) mass is 774 g/mol. The van der Waals surface area contributed by atoms with Gasteiger partial charge in [0.15, 0.2) is 0 Å². The molecule has 0 fully saturated rings. The highest BCUT2D eigenvalue weighted by Gasteiger charge is 2.22. The molecule has 4 heteroatoms. The molecule has 12 aromatic rings. The van der Waals surface area contributed by atoms with Crippen LogP contribution in [0.15, 0.2) is 207 Å². The average Bonchev–Trinajstić information content (AvgIpc) is 3.67. The van der Waals surface area contributed by atoms with E-state index in [0.29, 0.717) is 5.56 Å². The number of nitriles is 1. The minimum absolute atomic E-state index is 0.655. The molecule has 4 nitrogen and oxygen atoms in total. The first-order valence-electron chi connectivity index (χ1n) is 20.5. The molecule has 0 amide bonds. The van der Waals surface area contributed by atoms with Crippen LogP contribution in [0.25, 0.3) is 116 Å². The number of aromatic nitrogens is 3. The van der Waals surface area contributed by atoms with E-state index in [1.54, 1.807) is 0 Å². The quantitative estimate of drug-likeness (QED) is 0.125. The molecule has 3 aromatic heterocycles. The molecule has 0 saturated carbocycles. The molecule has 282 valence electrons. The van der Waals surface area contributed by atoms with Crippen LogP contribution in [0.4, 0.5) is 0 Å². The van der Waals surface area contributed by atoms with Crippen LogP contribution in [0.5, 0.6) is 0 Å². The number of hydrogen-bond acceptors (Lipinski definition) is 3. The number of rotatable bonds is 6. The Balaban J connectivity index is 1.13. The lowest BCUT2D eigenvalue weighted by molar-refractivity contribution is 1.18. The van der Waals surface area contributed by atoms with Crippen molar-refractivity contribution in [1.29, 1.82) is 5.26 Å². The first-order chi connectivity index (χ1) is 30.2. The maximum atomic E-state index is 10.0. The minimum Gasteiger partial charge on any atom is -0.309 e. The van der Waals surface area contributed by atoms with E-state index < -0.39 is 0 Å². The Morgan fingerprint density at radius 3 is 1.59 bits per heavy atom. The predicted molar refractivity (Wildman–Crippen MR) is 252 cm³/mol. The first-order valence-corrected chi connectivity index (χ1v) is 20.5. The molecule has 12 rings (SSSR count). The molecular weight excluding hydrogens is 741 g/mol. The molecule has 0 N–H and O–H groups in total. The van der Waals surface area contributed by atoms with Gasteiger partial charge in [-0.2, -0.15) is 5.26 Å². The minimum atomic E-state index is 0.655. The molecule has 0 bridgehead atoms. The van der Waals surface area contributed by atoms with E-state index in [0.717, 1.165) is 61.3 Å². The van der Waals surface area contributed by atoms with E-state index in [1.807, 2.05) is 42.7 Å². The van der Waals surface area contributed by atoms with Gasteiger partial charge >= 0.3 is 0 Å². The number of benzene rings is 9. The summed E-state index contributed by atoms with van der Waals surface area (Å²) < 4.78 is 2.33. The van der Waals surface area contributed by atoms with Crippen molar-refractivity contribution >= 4 is 54.1 Å². The van der Waals surface area contributed by atoms with Crippen molar-refractivity contribution in [2.75, 3.05) is 0 Å². The van der Waals surface area contributed by atoms with Crippen LogP contribution < -0.4 is 0 Å². The maximum absolute atomic E-state index is 10.0. The summed E-state index contributed by atoms with van der Waals surface area (Å²) in [6, 6.07) is 71.6. The Bertz CT molecular complexity index is 3680. The van der Waals surface area contributed by atoms with Crippen LogP contribution in [0.2, 0.25) is 0 Å². The molecule has 0 aliphatic rings. The molecule has 0 radical (unpaired) electrons. The van der Waals surface area contributed by atoms with Gasteiger partial charge in [0.1, 0.15) is 0 Å². The zero-order valence-electron chi connectivity index (χ0n) is 32.9. The standard InChI is InChI=1S/C57H34N4/c58-35-36-29-42-19-20-43-31-44(34-53-57(43)56(42)52(30-36)61(53)45-15-8-3-9-16-45)40-21-23-46-48(32-40)54(38-11-4-1-5-12-38)47-24-22-41(33-49(47)55(46)39-13-6-2-7-14-39)51-18-10-17-50(60-51)37-25-27-59-28-26-37/h1-34H. The Kier molecular flexibility index (Phi) is 7.88. The third-order valence-electron chi connectivity index (χ3n) is 12.2. The molecular formula is C57H34N4. The third-order valence-corrected chi connectivity index (χ3v) is 12.2. The molecule has 0 unspecified atom stereocenters. The van der Waals surface area contributed by atoms with Crippen molar-refractivity contribution in [1.82, 2.24) is 14.5 Å². The lowest BCUT2D eigenvalue weighted by atomic mass is 9.84. The van der Waals surface area contributed by atoms with Crippen molar-refractivity contribution < 1.29 is 0 Å². The summed E-state index contributed by atoms with van der Waals surface area (Å²) in [7, 11) is 0. The molecule has 0 saturated heterocycles. The summed E-state index contributed by atoms with van der Waals surface area (Å²) >= 11 is 0.